The van der Waals surface area contributed by atoms with Crippen LogP contribution < -0.4 is 0 Å². The van der Waals surface area contributed by atoms with Gasteiger partial charge in [0.15, 0.2) is 5.82 Å². The molecule has 0 fully saturated rings. The van der Waals surface area contributed by atoms with Crippen LogP contribution >= 0.6 is 34.2 Å². The Balaban J connectivity index is 2.52. The zero-order chi connectivity index (χ0) is 12.4. The van der Waals surface area contributed by atoms with E-state index in [0.29, 0.717) is 11.0 Å². The number of aromatic nitrogens is 3. The molecule has 0 amide bonds. The fourth-order valence-electron chi connectivity index (χ4n) is 1.43. The van der Waals surface area contributed by atoms with Crippen molar-refractivity contribution in [2.24, 2.45) is 0 Å². The molecule has 0 saturated heterocycles. The van der Waals surface area contributed by atoms with Gasteiger partial charge in [0, 0.05) is 17.5 Å². The smallest absolute Gasteiger partial charge is 0.162 e. The van der Waals surface area contributed by atoms with Crippen molar-refractivity contribution in [2.45, 2.75) is 20.3 Å². The minimum Gasteiger partial charge on any atom is -0.261 e. The fraction of sp³-hybridized carbons (Fsp3) is 0.250. The molecular weight excluding hydrogens is 349 g/mol. The maximum atomic E-state index is 6.10. The van der Waals surface area contributed by atoms with Gasteiger partial charge in [-0.2, -0.15) is 0 Å². The molecule has 5 heteroatoms. The van der Waals surface area contributed by atoms with Crippen LogP contribution in [0.4, 0.5) is 0 Å². The van der Waals surface area contributed by atoms with Gasteiger partial charge in [-0.15, -0.1) is 0 Å². The molecule has 2 aromatic heterocycles. The summed E-state index contributed by atoms with van der Waals surface area (Å²) in [6.07, 6.45) is 2.61. The highest BCUT2D eigenvalue weighted by molar-refractivity contribution is 14.1. The number of hydrogen-bond donors (Lipinski definition) is 0. The van der Waals surface area contributed by atoms with Gasteiger partial charge in [0.2, 0.25) is 0 Å². The maximum Gasteiger partial charge on any atom is 0.162 e. The highest BCUT2D eigenvalue weighted by Crippen LogP contribution is 2.23. The van der Waals surface area contributed by atoms with Crippen molar-refractivity contribution in [3.05, 3.63) is 38.4 Å². The highest BCUT2D eigenvalue weighted by atomic mass is 127. The van der Waals surface area contributed by atoms with E-state index in [1.807, 2.05) is 19.1 Å². The molecule has 0 N–H and O–H groups in total. The molecule has 0 aliphatic heterocycles. The van der Waals surface area contributed by atoms with Crippen LogP contribution in [-0.2, 0) is 6.42 Å². The lowest BCUT2D eigenvalue weighted by molar-refractivity contribution is 0.987. The SMILES string of the molecule is CCc1nc(-c2ccc(C)nc2)nc(Cl)c1I. The zero-order valence-electron chi connectivity index (χ0n) is 9.54. The van der Waals surface area contributed by atoms with E-state index in [0.717, 1.165) is 26.9 Å². The van der Waals surface area contributed by atoms with E-state index >= 15 is 0 Å². The first kappa shape index (κ1) is 12.7. The van der Waals surface area contributed by atoms with Crippen LogP contribution in [0.1, 0.15) is 18.3 Å². The summed E-state index contributed by atoms with van der Waals surface area (Å²) in [5.74, 6) is 0.639. The van der Waals surface area contributed by atoms with Gasteiger partial charge in [0.1, 0.15) is 5.15 Å². The number of rotatable bonds is 2. The minimum atomic E-state index is 0.507. The van der Waals surface area contributed by atoms with Crippen molar-refractivity contribution >= 4 is 34.2 Å². The standard InChI is InChI=1S/C12H11ClIN3/c1-3-9-10(14)11(13)17-12(16-9)8-5-4-7(2)15-6-8/h4-6H,3H2,1-2H3. The van der Waals surface area contributed by atoms with Crippen LogP contribution in [0.15, 0.2) is 18.3 Å². The quantitative estimate of drug-likeness (QED) is 0.607. The molecule has 0 spiro atoms. The summed E-state index contributed by atoms with van der Waals surface area (Å²) < 4.78 is 0.926. The Labute approximate surface area is 119 Å². The lowest BCUT2D eigenvalue weighted by Gasteiger charge is -2.06. The van der Waals surface area contributed by atoms with E-state index in [4.69, 9.17) is 11.6 Å². The second-order valence-electron chi connectivity index (χ2n) is 3.64. The van der Waals surface area contributed by atoms with Crippen LogP contribution in [0.3, 0.4) is 0 Å². The number of nitrogens with zero attached hydrogens (tertiary/aromatic N) is 3. The Hall–Kier alpha value is -0.750. The van der Waals surface area contributed by atoms with Crippen LogP contribution in [0, 0.1) is 10.5 Å². The van der Waals surface area contributed by atoms with Gasteiger partial charge in [-0.3, -0.25) is 4.98 Å². The minimum absolute atomic E-state index is 0.507. The fourth-order valence-corrected chi connectivity index (χ4v) is 2.24. The molecule has 0 radical (unpaired) electrons. The van der Waals surface area contributed by atoms with Gasteiger partial charge >= 0.3 is 0 Å². The molecule has 2 aromatic rings. The summed E-state index contributed by atoms with van der Waals surface area (Å²) in [7, 11) is 0. The van der Waals surface area contributed by atoms with Gasteiger partial charge in [-0.25, -0.2) is 9.97 Å². The van der Waals surface area contributed by atoms with E-state index in [1.54, 1.807) is 6.20 Å². The van der Waals surface area contributed by atoms with E-state index in [-0.39, 0.29) is 0 Å². The molecule has 2 heterocycles. The number of hydrogen-bond acceptors (Lipinski definition) is 3. The van der Waals surface area contributed by atoms with Crippen molar-refractivity contribution < 1.29 is 0 Å². The summed E-state index contributed by atoms with van der Waals surface area (Å²) in [5, 5.41) is 0.507. The topological polar surface area (TPSA) is 38.7 Å². The molecule has 3 nitrogen and oxygen atoms in total. The Kier molecular flexibility index (Phi) is 3.93. The molecule has 0 saturated carbocycles. The van der Waals surface area contributed by atoms with E-state index in [1.165, 1.54) is 0 Å². The zero-order valence-corrected chi connectivity index (χ0v) is 12.5. The second-order valence-corrected chi connectivity index (χ2v) is 5.08. The van der Waals surface area contributed by atoms with Crippen LogP contribution in [0.5, 0.6) is 0 Å². The van der Waals surface area contributed by atoms with Crippen molar-refractivity contribution in [1.29, 1.82) is 0 Å². The summed E-state index contributed by atoms with van der Waals surface area (Å²) >= 11 is 8.27. The third-order valence-electron chi connectivity index (χ3n) is 2.38. The Morgan fingerprint density at radius 1 is 1.29 bits per heavy atom. The Morgan fingerprint density at radius 2 is 2.06 bits per heavy atom. The first-order valence-electron chi connectivity index (χ1n) is 5.26. The third-order valence-corrected chi connectivity index (χ3v) is 4.11. The van der Waals surface area contributed by atoms with Crippen molar-refractivity contribution in [1.82, 2.24) is 15.0 Å². The van der Waals surface area contributed by atoms with Gasteiger partial charge in [-0.05, 0) is 48.1 Å². The molecule has 0 bridgehead atoms. The van der Waals surface area contributed by atoms with Gasteiger partial charge in [0.05, 0.1) is 9.26 Å². The number of halogens is 2. The largest absolute Gasteiger partial charge is 0.261 e. The molecule has 17 heavy (non-hydrogen) atoms. The van der Waals surface area contributed by atoms with Gasteiger partial charge in [0.25, 0.3) is 0 Å². The molecule has 0 aliphatic rings. The predicted molar refractivity (Wildman–Crippen MR) is 77.1 cm³/mol. The monoisotopic (exact) mass is 359 g/mol. The van der Waals surface area contributed by atoms with Gasteiger partial charge < -0.3 is 0 Å². The van der Waals surface area contributed by atoms with E-state index in [9.17, 15) is 0 Å². The summed E-state index contributed by atoms with van der Waals surface area (Å²) in [4.78, 5) is 13.0. The van der Waals surface area contributed by atoms with Crippen LogP contribution in [0.2, 0.25) is 5.15 Å². The van der Waals surface area contributed by atoms with Crippen LogP contribution in [-0.4, -0.2) is 15.0 Å². The molecule has 0 aromatic carbocycles. The summed E-state index contributed by atoms with van der Waals surface area (Å²) in [5.41, 5.74) is 2.84. The Morgan fingerprint density at radius 3 is 2.65 bits per heavy atom. The molecule has 0 atom stereocenters. The lowest BCUT2D eigenvalue weighted by atomic mass is 10.2. The lowest BCUT2D eigenvalue weighted by Crippen LogP contribution is -1.99. The second kappa shape index (κ2) is 5.27. The third kappa shape index (κ3) is 2.74. The van der Waals surface area contributed by atoms with E-state index in [2.05, 4.69) is 44.5 Å². The Bertz CT molecular complexity index is 540. The van der Waals surface area contributed by atoms with Crippen molar-refractivity contribution in [3.63, 3.8) is 0 Å². The number of aryl methyl sites for hydroxylation is 2. The average Bonchev–Trinajstić information content (AvgIpc) is 2.33. The number of pyridine rings is 1. The molecule has 2 rings (SSSR count). The summed E-state index contributed by atoms with van der Waals surface area (Å²) in [6.45, 7) is 4.00. The molecule has 0 aliphatic carbocycles. The average molecular weight is 360 g/mol. The molecular formula is C12H11ClIN3. The molecule has 0 unspecified atom stereocenters. The maximum absolute atomic E-state index is 6.10. The first-order chi connectivity index (χ1) is 8.11. The summed E-state index contributed by atoms with van der Waals surface area (Å²) in [6, 6.07) is 3.90. The first-order valence-corrected chi connectivity index (χ1v) is 6.72. The molecule has 88 valence electrons. The predicted octanol–water partition coefficient (Wildman–Crippen LogP) is 3.67. The van der Waals surface area contributed by atoms with Crippen molar-refractivity contribution in [3.8, 4) is 11.4 Å². The van der Waals surface area contributed by atoms with Crippen molar-refractivity contribution in [2.75, 3.05) is 0 Å². The normalized spacial score (nSPS) is 10.6. The van der Waals surface area contributed by atoms with Crippen LogP contribution in [0.25, 0.3) is 11.4 Å². The van der Waals surface area contributed by atoms with E-state index < -0.39 is 0 Å². The highest BCUT2D eigenvalue weighted by Gasteiger charge is 2.10. The van der Waals surface area contributed by atoms with Gasteiger partial charge in [-0.1, -0.05) is 18.5 Å².